The molecule has 2 saturated heterocycles. The Hall–Kier alpha value is -1.86. The lowest BCUT2D eigenvalue weighted by Crippen LogP contribution is -2.28. The van der Waals surface area contributed by atoms with Gasteiger partial charge in [-0.1, -0.05) is 23.9 Å². The first-order valence-electron chi connectivity index (χ1n) is 8.52. The molecule has 0 unspecified atom stereocenters. The Labute approximate surface area is 151 Å². The average Bonchev–Trinajstić information content (AvgIpc) is 3.19. The van der Waals surface area contributed by atoms with Crippen LogP contribution in [0.25, 0.3) is 0 Å². The molecule has 3 rings (SSSR count). The number of ether oxygens (including phenoxy) is 1. The maximum Gasteiger partial charge on any atom is 0.240 e. The smallest absolute Gasteiger partial charge is 0.240 e. The van der Waals surface area contributed by atoms with Gasteiger partial charge in [0.2, 0.25) is 11.8 Å². The highest BCUT2D eigenvalue weighted by Crippen LogP contribution is 2.24. The Bertz CT molecular complexity index is 699. The van der Waals surface area contributed by atoms with Crippen molar-refractivity contribution in [2.45, 2.75) is 44.5 Å². The highest BCUT2D eigenvalue weighted by molar-refractivity contribution is 8.15. The third-order valence-corrected chi connectivity index (χ3v) is 5.40. The molecule has 2 heterocycles. The summed E-state index contributed by atoms with van der Waals surface area (Å²) in [6.45, 7) is 5.27. The summed E-state index contributed by atoms with van der Waals surface area (Å²) < 4.78 is 5.53. The number of amides is 2. The molecule has 1 aromatic carbocycles. The van der Waals surface area contributed by atoms with Crippen LogP contribution in [0, 0.1) is 13.8 Å². The summed E-state index contributed by atoms with van der Waals surface area (Å²) in [7, 11) is 0. The van der Waals surface area contributed by atoms with E-state index in [-0.39, 0.29) is 24.3 Å². The number of hydrogen-bond acceptors (Lipinski definition) is 5. The largest absolute Gasteiger partial charge is 0.376 e. The molecule has 25 heavy (non-hydrogen) atoms. The van der Waals surface area contributed by atoms with Crippen molar-refractivity contribution in [1.29, 1.82) is 0 Å². The van der Waals surface area contributed by atoms with Gasteiger partial charge in [0.25, 0.3) is 0 Å². The molecular formula is C18H23N3O3S. The lowest BCUT2D eigenvalue weighted by atomic mass is 10.1. The SMILES string of the molecule is Cc1ccc(C)c(NC(=O)C[C@@H]2SC(=NC[C@H]3CCCO3)NC2=O)c1. The first-order chi connectivity index (χ1) is 12.0. The maximum absolute atomic E-state index is 12.3. The van der Waals surface area contributed by atoms with Crippen molar-refractivity contribution in [1.82, 2.24) is 5.32 Å². The van der Waals surface area contributed by atoms with E-state index in [1.165, 1.54) is 11.8 Å². The minimum Gasteiger partial charge on any atom is -0.376 e. The number of nitrogens with zero attached hydrogens (tertiary/aromatic N) is 1. The van der Waals surface area contributed by atoms with Crippen LogP contribution in [0.3, 0.4) is 0 Å². The molecule has 2 fully saturated rings. The van der Waals surface area contributed by atoms with Gasteiger partial charge < -0.3 is 15.4 Å². The molecule has 2 N–H and O–H groups in total. The summed E-state index contributed by atoms with van der Waals surface area (Å²) in [5, 5.41) is 5.81. The standard InChI is InChI=1S/C18H23N3O3S/c1-11-5-6-12(2)14(8-11)20-16(22)9-15-17(23)21-18(25-15)19-10-13-4-3-7-24-13/h5-6,8,13,15H,3-4,7,9-10H2,1-2H3,(H,20,22)(H,19,21,23)/t13-,15+/m1/s1. The molecule has 2 aliphatic heterocycles. The normalized spacial score (nSPS) is 24.6. The number of hydrogen-bond donors (Lipinski definition) is 2. The first-order valence-corrected chi connectivity index (χ1v) is 9.40. The van der Waals surface area contributed by atoms with Crippen LogP contribution in [0.4, 0.5) is 5.69 Å². The molecule has 1 aromatic rings. The molecule has 2 aliphatic rings. The van der Waals surface area contributed by atoms with E-state index < -0.39 is 5.25 Å². The Kier molecular flexibility index (Phi) is 5.75. The number of rotatable bonds is 5. The second-order valence-corrected chi connectivity index (χ2v) is 7.64. The summed E-state index contributed by atoms with van der Waals surface area (Å²) in [4.78, 5) is 28.8. The van der Waals surface area contributed by atoms with Crippen molar-refractivity contribution in [3.8, 4) is 0 Å². The van der Waals surface area contributed by atoms with Gasteiger partial charge in [0.05, 0.1) is 12.6 Å². The van der Waals surface area contributed by atoms with Crippen molar-refractivity contribution in [2.24, 2.45) is 4.99 Å². The zero-order valence-corrected chi connectivity index (χ0v) is 15.3. The Balaban J connectivity index is 1.53. The topological polar surface area (TPSA) is 79.8 Å². The maximum atomic E-state index is 12.3. The van der Waals surface area contributed by atoms with Crippen molar-refractivity contribution in [3.63, 3.8) is 0 Å². The van der Waals surface area contributed by atoms with Crippen LogP contribution in [0.2, 0.25) is 0 Å². The average molecular weight is 361 g/mol. The second kappa shape index (κ2) is 8.01. The number of carbonyl (C=O) groups excluding carboxylic acids is 2. The monoisotopic (exact) mass is 361 g/mol. The number of nitrogens with one attached hydrogen (secondary N) is 2. The molecule has 0 saturated carbocycles. The van der Waals surface area contributed by atoms with Crippen molar-refractivity contribution in [3.05, 3.63) is 29.3 Å². The van der Waals surface area contributed by atoms with Crippen LogP contribution in [-0.4, -0.2) is 41.5 Å². The van der Waals surface area contributed by atoms with Gasteiger partial charge in [-0.05, 0) is 43.9 Å². The Morgan fingerprint density at radius 1 is 1.44 bits per heavy atom. The van der Waals surface area contributed by atoms with Crippen LogP contribution in [0.15, 0.2) is 23.2 Å². The molecule has 2 atom stereocenters. The van der Waals surface area contributed by atoms with E-state index in [0.29, 0.717) is 11.7 Å². The number of benzene rings is 1. The third kappa shape index (κ3) is 4.83. The zero-order chi connectivity index (χ0) is 17.8. The quantitative estimate of drug-likeness (QED) is 0.844. The van der Waals surface area contributed by atoms with Crippen LogP contribution < -0.4 is 10.6 Å². The summed E-state index contributed by atoms with van der Waals surface area (Å²) >= 11 is 1.32. The predicted molar refractivity (Wildman–Crippen MR) is 100.0 cm³/mol. The van der Waals surface area contributed by atoms with Gasteiger partial charge in [0.1, 0.15) is 5.25 Å². The van der Waals surface area contributed by atoms with Crippen LogP contribution in [0.5, 0.6) is 0 Å². The van der Waals surface area contributed by atoms with Crippen molar-refractivity contribution in [2.75, 3.05) is 18.5 Å². The van der Waals surface area contributed by atoms with Crippen LogP contribution in [-0.2, 0) is 14.3 Å². The third-order valence-electron chi connectivity index (χ3n) is 4.28. The molecule has 0 bridgehead atoms. The fraction of sp³-hybridized carbons (Fsp3) is 0.500. The molecule has 0 radical (unpaired) electrons. The number of thioether (sulfide) groups is 1. The van der Waals surface area contributed by atoms with E-state index in [1.54, 1.807) is 0 Å². The number of carbonyl (C=O) groups is 2. The van der Waals surface area contributed by atoms with Gasteiger partial charge in [-0.25, -0.2) is 0 Å². The van der Waals surface area contributed by atoms with Gasteiger partial charge >= 0.3 is 0 Å². The Morgan fingerprint density at radius 2 is 2.28 bits per heavy atom. The van der Waals surface area contributed by atoms with E-state index in [0.717, 1.165) is 36.3 Å². The van der Waals surface area contributed by atoms with E-state index >= 15 is 0 Å². The fourth-order valence-electron chi connectivity index (χ4n) is 2.83. The molecule has 134 valence electrons. The second-order valence-electron chi connectivity index (χ2n) is 6.45. The van der Waals surface area contributed by atoms with E-state index in [1.807, 2.05) is 32.0 Å². The van der Waals surface area contributed by atoms with Gasteiger partial charge in [-0.3, -0.25) is 14.6 Å². The molecule has 0 aliphatic carbocycles. The number of amidine groups is 1. The molecule has 6 nitrogen and oxygen atoms in total. The van der Waals surface area contributed by atoms with E-state index in [4.69, 9.17) is 4.74 Å². The lowest BCUT2D eigenvalue weighted by Gasteiger charge is -2.10. The van der Waals surface area contributed by atoms with Gasteiger partial charge in [0.15, 0.2) is 5.17 Å². The van der Waals surface area contributed by atoms with Crippen molar-refractivity contribution < 1.29 is 14.3 Å². The summed E-state index contributed by atoms with van der Waals surface area (Å²) in [6, 6.07) is 5.91. The summed E-state index contributed by atoms with van der Waals surface area (Å²) in [5.41, 5.74) is 2.87. The molecule has 0 aromatic heterocycles. The minimum absolute atomic E-state index is 0.128. The summed E-state index contributed by atoms with van der Waals surface area (Å²) in [6.07, 6.45) is 2.35. The van der Waals surface area contributed by atoms with Crippen LogP contribution >= 0.6 is 11.8 Å². The van der Waals surface area contributed by atoms with Gasteiger partial charge in [-0.2, -0.15) is 0 Å². The van der Waals surface area contributed by atoms with Crippen LogP contribution in [0.1, 0.15) is 30.4 Å². The fourth-order valence-corrected chi connectivity index (χ4v) is 3.81. The molecular weight excluding hydrogens is 338 g/mol. The predicted octanol–water partition coefficient (Wildman–Crippen LogP) is 2.40. The number of anilines is 1. The summed E-state index contributed by atoms with van der Waals surface area (Å²) in [5.74, 6) is -0.325. The molecule has 2 amide bonds. The number of aryl methyl sites for hydroxylation is 2. The highest BCUT2D eigenvalue weighted by Gasteiger charge is 2.32. The lowest BCUT2D eigenvalue weighted by molar-refractivity contribution is -0.122. The van der Waals surface area contributed by atoms with Crippen molar-refractivity contribution >= 4 is 34.4 Å². The Morgan fingerprint density at radius 3 is 3.04 bits per heavy atom. The minimum atomic E-state index is -0.437. The number of aliphatic imine (C=N–C) groups is 1. The van der Waals surface area contributed by atoms with Gasteiger partial charge in [-0.15, -0.1) is 0 Å². The first kappa shape index (κ1) is 17.9. The van der Waals surface area contributed by atoms with E-state index in [9.17, 15) is 9.59 Å². The zero-order valence-electron chi connectivity index (χ0n) is 14.5. The van der Waals surface area contributed by atoms with E-state index in [2.05, 4.69) is 15.6 Å². The molecule has 7 heteroatoms. The molecule has 0 spiro atoms. The van der Waals surface area contributed by atoms with Gasteiger partial charge in [0, 0.05) is 18.7 Å². The highest BCUT2D eigenvalue weighted by atomic mass is 32.2.